The van der Waals surface area contributed by atoms with Gasteiger partial charge in [0.25, 0.3) is 0 Å². The van der Waals surface area contributed by atoms with E-state index in [9.17, 15) is 5.11 Å². The average molecular weight is 287 g/mol. The van der Waals surface area contributed by atoms with E-state index in [4.69, 9.17) is 10.1 Å². The Balaban J connectivity index is 0. The molecule has 1 rings (SSSR count). The number of rotatable bonds is 4. The lowest BCUT2D eigenvalue weighted by atomic mass is 9.67. The van der Waals surface area contributed by atoms with Crippen molar-refractivity contribution >= 4 is 0 Å². The largest absolute Gasteiger partial charge is 0.389 e. The molecule has 1 aliphatic carbocycles. The maximum atomic E-state index is 10.6. The highest BCUT2D eigenvalue weighted by atomic mass is 17.2. The van der Waals surface area contributed by atoms with Gasteiger partial charge in [-0.3, -0.25) is 4.89 Å². The van der Waals surface area contributed by atoms with Crippen molar-refractivity contribution in [3.8, 4) is 6.26 Å². The lowest BCUT2D eigenvalue weighted by Gasteiger charge is -2.45. The summed E-state index contributed by atoms with van der Waals surface area (Å²) in [4.78, 5) is 9.47. The first-order chi connectivity index (χ1) is 9.55. The molecule has 0 saturated heterocycles. The molecule has 0 aliphatic heterocycles. The van der Waals surface area contributed by atoms with Gasteiger partial charge in [0.15, 0.2) is 0 Å². The summed E-state index contributed by atoms with van der Waals surface area (Å²) in [5.41, 5.74) is -0.685. The predicted octanol–water partition coefficient (Wildman–Crippen LogP) is 4.43. The molecule has 0 aromatic carbocycles. The minimum atomic E-state index is -0.685. The third-order valence-electron chi connectivity index (χ3n) is 3.66. The molecule has 1 saturated carbocycles. The zero-order valence-electron chi connectivity index (χ0n) is 14.3. The normalized spacial score (nSPS) is 28.4. The minimum Gasteiger partial charge on any atom is -0.389 e. The van der Waals surface area contributed by atoms with Crippen LogP contribution < -0.4 is 0 Å². The van der Waals surface area contributed by atoms with Crippen LogP contribution in [0.15, 0.2) is 0 Å². The van der Waals surface area contributed by atoms with Crippen molar-refractivity contribution in [2.75, 3.05) is 0 Å². The lowest BCUT2D eigenvalue weighted by molar-refractivity contribution is -0.311. The van der Waals surface area contributed by atoms with Crippen molar-refractivity contribution in [1.82, 2.24) is 0 Å². The van der Waals surface area contributed by atoms with Crippen LogP contribution in [0.25, 0.3) is 0 Å². The smallest absolute Gasteiger partial charge is 0.324 e. The molecule has 0 spiro atoms. The first-order valence-corrected chi connectivity index (χ1v) is 7.99. The Morgan fingerprint density at radius 3 is 2.25 bits per heavy atom. The molecule has 4 heteroatoms. The number of hydrogen-bond acceptors (Lipinski definition) is 4. The SMILES string of the molecule is CC.CC.CCC1(O)CCCC(OOC#N)C1C(C)C. The van der Waals surface area contributed by atoms with Crippen LogP contribution in [0.5, 0.6) is 0 Å². The third-order valence-corrected chi connectivity index (χ3v) is 3.66. The Bertz CT molecular complexity index is 263. The van der Waals surface area contributed by atoms with Gasteiger partial charge in [-0.15, -0.1) is 5.26 Å². The van der Waals surface area contributed by atoms with E-state index in [1.54, 1.807) is 0 Å². The van der Waals surface area contributed by atoms with Crippen molar-refractivity contribution in [2.24, 2.45) is 11.8 Å². The van der Waals surface area contributed by atoms with Gasteiger partial charge in [-0.25, -0.2) is 0 Å². The molecule has 3 atom stereocenters. The first kappa shape index (κ1) is 21.5. The summed E-state index contributed by atoms with van der Waals surface area (Å²) in [7, 11) is 0. The van der Waals surface area contributed by atoms with Gasteiger partial charge in [-0.2, -0.15) is 4.89 Å². The predicted molar refractivity (Wildman–Crippen MR) is 81.7 cm³/mol. The lowest BCUT2D eigenvalue weighted by Crippen LogP contribution is -2.50. The van der Waals surface area contributed by atoms with Crippen molar-refractivity contribution in [1.29, 1.82) is 5.26 Å². The second kappa shape index (κ2) is 12.0. The maximum Gasteiger partial charge on any atom is 0.324 e. The van der Waals surface area contributed by atoms with Crippen LogP contribution in [-0.4, -0.2) is 16.8 Å². The molecule has 0 aromatic rings. The molecular weight excluding hydrogens is 254 g/mol. The topological polar surface area (TPSA) is 62.5 Å². The second-order valence-electron chi connectivity index (χ2n) is 4.93. The zero-order chi connectivity index (χ0) is 16.2. The average Bonchev–Trinajstić information content (AvgIpc) is 2.48. The van der Waals surface area contributed by atoms with Gasteiger partial charge in [0.2, 0.25) is 0 Å². The van der Waals surface area contributed by atoms with Crippen molar-refractivity contribution in [3.63, 3.8) is 0 Å². The van der Waals surface area contributed by atoms with Crippen LogP contribution in [0.1, 0.15) is 74.1 Å². The highest BCUT2D eigenvalue weighted by Crippen LogP contribution is 2.41. The van der Waals surface area contributed by atoms with E-state index in [1.165, 1.54) is 6.26 Å². The molecule has 1 N–H and O–H groups in total. The van der Waals surface area contributed by atoms with Crippen molar-refractivity contribution < 1.29 is 14.9 Å². The summed E-state index contributed by atoms with van der Waals surface area (Å²) in [6.07, 6.45) is 4.60. The molecule has 0 amide bonds. The fourth-order valence-corrected chi connectivity index (χ4v) is 2.96. The van der Waals surface area contributed by atoms with Gasteiger partial charge in [-0.05, 0) is 31.6 Å². The molecule has 0 radical (unpaired) electrons. The molecule has 20 heavy (non-hydrogen) atoms. The Morgan fingerprint density at radius 2 is 1.85 bits per heavy atom. The van der Waals surface area contributed by atoms with Gasteiger partial charge in [-0.1, -0.05) is 48.5 Å². The van der Waals surface area contributed by atoms with Crippen LogP contribution >= 0.6 is 0 Å². The van der Waals surface area contributed by atoms with E-state index in [2.05, 4.69) is 18.7 Å². The van der Waals surface area contributed by atoms with Gasteiger partial charge < -0.3 is 5.11 Å². The Morgan fingerprint density at radius 1 is 1.30 bits per heavy atom. The van der Waals surface area contributed by atoms with E-state index >= 15 is 0 Å². The van der Waals surface area contributed by atoms with Gasteiger partial charge in [0.1, 0.15) is 6.10 Å². The summed E-state index contributed by atoms with van der Waals surface area (Å²) >= 11 is 0. The first-order valence-electron chi connectivity index (χ1n) is 7.99. The van der Waals surface area contributed by atoms with Crippen LogP contribution in [0.3, 0.4) is 0 Å². The molecule has 0 bridgehead atoms. The fourth-order valence-electron chi connectivity index (χ4n) is 2.96. The maximum absolute atomic E-state index is 10.6. The van der Waals surface area contributed by atoms with Gasteiger partial charge in [0.05, 0.1) is 5.60 Å². The summed E-state index contributed by atoms with van der Waals surface area (Å²) in [6, 6.07) is 0. The fraction of sp³-hybridized carbons (Fsp3) is 0.938. The van der Waals surface area contributed by atoms with Crippen LogP contribution in [-0.2, 0) is 9.78 Å². The zero-order valence-corrected chi connectivity index (χ0v) is 14.3. The molecule has 0 aromatic heterocycles. The number of aliphatic hydroxyl groups is 1. The Labute approximate surface area is 125 Å². The number of nitrogens with zero attached hydrogens (tertiary/aromatic N) is 1. The van der Waals surface area contributed by atoms with Gasteiger partial charge >= 0.3 is 6.26 Å². The standard InChI is InChI=1S/C12H21NO3.2C2H6/c1-4-12(14)7-5-6-10(16-15-8-13)11(12)9(2)3;2*1-2/h9-11,14H,4-7H2,1-3H3;2*1-2H3. The molecule has 3 unspecified atom stereocenters. The number of nitriles is 1. The van der Waals surface area contributed by atoms with Crippen LogP contribution in [0.4, 0.5) is 0 Å². The minimum absolute atomic E-state index is 0.0274. The van der Waals surface area contributed by atoms with Gasteiger partial charge in [0, 0.05) is 5.92 Å². The summed E-state index contributed by atoms with van der Waals surface area (Å²) in [5.74, 6) is 0.331. The Hall–Kier alpha value is -0.790. The van der Waals surface area contributed by atoms with E-state index in [-0.39, 0.29) is 12.0 Å². The monoisotopic (exact) mass is 287 g/mol. The summed E-state index contributed by atoms with van der Waals surface area (Å²) in [5, 5.41) is 18.9. The highest BCUT2D eigenvalue weighted by Gasteiger charge is 2.46. The Kier molecular flexibility index (Phi) is 12.9. The molecule has 4 nitrogen and oxygen atoms in total. The molecular formula is C16H33NO3. The highest BCUT2D eigenvalue weighted by molar-refractivity contribution is 4.95. The van der Waals surface area contributed by atoms with E-state index in [0.717, 1.165) is 19.3 Å². The van der Waals surface area contributed by atoms with E-state index in [1.807, 2.05) is 34.6 Å². The second-order valence-corrected chi connectivity index (χ2v) is 4.93. The van der Waals surface area contributed by atoms with Crippen LogP contribution in [0.2, 0.25) is 0 Å². The molecule has 1 fully saturated rings. The van der Waals surface area contributed by atoms with Crippen LogP contribution in [0, 0.1) is 23.4 Å². The quantitative estimate of drug-likeness (QED) is 0.472. The van der Waals surface area contributed by atoms with E-state index < -0.39 is 5.60 Å². The van der Waals surface area contributed by atoms with Crippen molar-refractivity contribution in [2.45, 2.75) is 85.9 Å². The molecule has 0 heterocycles. The third kappa shape index (κ3) is 6.11. The van der Waals surface area contributed by atoms with E-state index in [0.29, 0.717) is 12.3 Å². The molecule has 120 valence electrons. The summed E-state index contributed by atoms with van der Waals surface area (Å²) < 4.78 is 0. The number of hydrogen-bond donors (Lipinski definition) is 1. The summed E-state index contributed by atoms with van der Waals surface area (Å²) in [6.45, 7) is 14.1. The molecule has 1 aliphatic rings. The van der Waals surface area contributed by atoms with Crippen molar-refractivity contribution in [3.05, 3.63) is 0 Å².